The van der Waals surface area contributed by atoms with Crippen LogP contribution in [-0.2, 0) is 6.18 Å². The third-order valence-electron chi connectivity index (χ3n) is 4.40. The van der Waals surface area contributed by atoms with E-state index in [1.165, 1.54) is 28.9 Å². The normalized spacial score (nSPS) is 11.7. The van der Waals surface area contributed by atoms with Crippen molar-refractivity contribution in [3.8, 4) is 22.4 Å². The van der Waals surface area contributed by atoms with Crippen molar-refractivity contribution in [3.05, 3.63) is 77.1 Å². The first-order valence-electron chi connectivity index (χ1n) is 8.30. The van der Waals surface area contributed by atoms with Crippen molar-refractivity contribution >= 4 is 23.2 Å². The first kappa shape index (κ1) is 18.9. The van der Waals surface area contributed by atoms with Crippen molar-refractivity contribution < 1.29 is 23.1 Å². The molecule has 0 bridgehead atoms. The number of carbonyl (C=O) groups is 1. The average Bonchev–Trinajstić information content (AvgIpc) is 3.12. The summed E-state index contributed by atoms with van der Waals surface area (Å²) in [6.07, 6.45) is -2.24. The van der Waals surface area contributed by atoms with E-state index in [0.29, 0.717) is 10.6 Å². The smallest absolute Gasteiger partial charge is 0.417 e. The topological polar surface area (TPSA) is 67.5 Å². The Hall–Kier alpha value is -3.39. The van der Waals surface area contributed by atoms with E-state index < -0.39 is 17.7 Å². The molecule has 0 amide bonds. The van der Waals surface area contributed by atoms with E-state index >= 15 is 0 Å². The highest BCUT2D eigenvalue weighted by Crippen LogP contribution is 2.40. The molecule has 0 unspecified atom stereocenters. The number of carboxylic acid groups (broad SMARTS) is 1. The largest absolute Gasteiger partial charge is 0.477 e. The molecule has 4 rings (SSSR count). The highest BCUT2D eigenvalue weighted by Gasteiger charge is 2.34. The van der Waals surface area contributed by atoms with E-state index in [1.54, 1.807) is 24.3 Å². The van der Waals surface area contributed by atoms with Gasteiger partial charge in [-0.25, -0.2) is 14.3 Å². The number of halogens is 4. The fourth-order valence-corrected chi connectivity index (χ4v) is 3.26. The lowest BCUT2D eigenvalue weighted by Crippen LogP contribution is -2.09. The maximum Gasteiger partial charge on any atom is 0.417 e. The molecule has 2 heterocycles. The van der Waals surface area contributed by atoms with Crippen molar-refractivity contribution in [1.29, 1.82) is 0 Å². The van der Waals surface area contributed by atoms with Crippen LogP contribution in [0.2, 0.25) is 5.02 Å². The number of aromatic nitrogens is 3. The molecule has 4 aromatic rings. The van der Waals surface area contributed by atoms with Crippen LogP contribution in [-0.4, -0.2) is 25.7 Å². The molecule has 0 aliphatic heterocycles. The molecule has 0 aliphatic carbocycles. The van der Waals surface area contributed by atoms with Crippen LogP contribution in [0.5, 0.6) is 0 Å². The highest BCUT2D eigenvalue weighted by atomic mass is 35.5. The van der Waals surface area contributed by atoms with Crippen molar-refractivity contribution in [2.75, 3.05) is 0 Å². The van der Waals surface area contributed by atoms with Crippen LogP contribution in [0.25, 0.3) is 28.0 Å². The SMILES string of the molecule is O=C(O)c1cnn2c(-c3ccc(Cl)cc3)c(-c3ccccc3C(F)(F)F)cnc12. The molecule has 1 N–H and O–H groups in total. The van der Waals surface area contributed by atoms with Gasteiger partial charge in [0, 0.05) is 22.3 Å². The van der Waals surface area contributed by atoms with Crippen LogP contribution >= 0.6 is 11.6 Å². The van der Waals surface area contributed by atoms with Crippen LogP contribution < -0.4 is 0 Å². The highest BCUT2D eigenvalue weighted by molar-refractivity contribution is 6.30. The van der Waals surface area contributed by atoms with Gasteiger partial charge in [-0.15, -0.1) is 0 Å². The maximum absolute atomic E-state index is 13.6. The number of aromatic carboxylic acids is 1. The minimum Gasteiger partial charge on any atom is -0.477 e. The molecule has 0 saturated heterocycles. The first-order chi connectivity index (χ1) is 13.8. The summed E-state index contributed by atoms with van der Waals surface area (Å²) in [5, 5.41) is 13.9. The minimum atomic E-state index is -4.58. The van der Waals surface area contributed by atoms with Gasteiger partial charge in [0.1, 0.15) is 5.56 Å². The lowest BCUT2D eigenvalue weighted by atomic mass is 9.96. The number of fused-ring (bicyclic) bond motifs is 1. The number of alkyl halides is 3. The third-order valence-corrected chi connectivity index (χ3v) is 4.65. The van der Waals surface area contributed by atoms with Crippen molar-refractivity contribution in [1.82, 2.24) is 14.6 Å². The molecule has 2 aromatic heterocycles. The Balaban J connectivity index is 2.10. The molecule has 2 aromatic carbocycles. The lowest BCUT2D eigenvalue weighted by Gasteiger charge is -2.16. The summed E-state index contributed by atoms with van der Waals surface area (Å²) in [6, 6.07) is 11.5. The molecule has 0 saturated carbocycles. The minimum absolute atomic E-state index is 0.0238. The van der Waals surface area contributed by atoms with E-state index in [2.05, 4.69) is 10.1 Å². The number of rotatable bonds is 3. The number of benzene rings is 2. The lowest BCUT2D eigenvalue weighted by molar-refractivity contribution is -0.137. The molecule has 9 heteroatoms. The third kappa shape index (κ3) is 3.31. The predicted molar refractivity (Wildman–Crippen MR) is 101 cm³/mol. The number of hydrogen-bond acceptors (Lipinski definition) is 3. The van der Waals surface area contributed by atoms with Crippen molar-refractivity contribution in [2.24, 2.45) is 0 Å². The fraction of sp³-hybridized carbons (Fsp3) is 0.0500. The molecule has 29 heavy (non-hydrogen) atoms. The van der Waals surface area contributed by atoms with E-state index in [0.717, 1.165) is 12.3 Å². The quantitative estimate of drug-likeness (QED) is 0.482. The summed E-state index contributed by atoms with van der Waals surface area (Å²) < 4.78 is 42.1. The molecule has 0 atom stereocenters. The summed E-state index contributed by atoms with van der Waals surface area (Å²) in [5.41, 5.74) is -0.113. The van der Waals surface area contributed by atoms with Gasteiger partial charge in [-0.05, 0) is 23.8 Å². The van der Waals surface area contributed by atoms with Crippen LogP contribution in [0.15, 0.2) is 60.9 Å². The fourth-order valence-electron chi connectivity index (χ4n) is 3.13. The molecular formula is C20H11ClF3N3O2. The Morgan fingerprint density at radius 1 is 1.00 bits per heavy atom. The molecular weight excluding hydrogens is 407 g/mol. The molecule has 0 fully saturated rings. The van der Waals surface area contributed by atoms with Crippen LogP contribution in [0.1, 0.15) is 15.9 Å². The molecule has 0 aliphatic rings. The summed E-state index contributed by atoms with van der Waals surface area (Å²) in [5.74, 6) is -1.24. The van der Waals surface area contributed by atoms with E-state index in [9.17, 15) is 23.1 Å². The van der Waals surface area contributed by atoms with Gasteiger partial charge < -0.3 is 5.11 Å². The maximum atomic E-state index is 13.6. The Labute approximate surface area is 167 Å². The van der Waals surface area contributed by atoms with Gasteiger partial charge in [0.2, 0.25) is 0 Å². The second-order valence-electron chi connectivity index (χ2n) is 6.17. The molecule has 5 nitrogen and oxygen atoms in total. The molecule has 146 valence electrons. The van der Waals surface area contributed by atoms with Gasteiger partial charge in [0.05, 0.1) is 17.5 Å². The average molecular weight is 418 g/mol. The number of carboxylic acids is 1. The summed E-state index contributed by atoms with van der Waals surface area (Å²) in [4.78, 5) is 15.5. The van der Waals surface area contributed by atoms with E-state index in [-0.39, 0.29) is 28.0 Å². The van der Waals surface area contributed by atoms with Gasteiger partial charge >= 0.3 is 12.1 Å². The summed E-state index contributed by atoms with van der Waals surface area (Å²) >= 11 is 5.94. The van der Waals surface area contributed by atoms with Gasteiger partial charge in [-0.2, -0.15) is 18.3 Å². The Kier molecular flexibility index (Phi) is 4.50. The van der Waals surface area contributed by atoms with Crippen molar-refractivity contribution in [2.45, 2.75) is 6.18 Å². The second-order valence-corrected chi connectivity index (χ2v) is 6.61. The Bertz CT molecular complexity index is 1230. The van der Waals surface area contributed by atoms with Crippen LogP contribution in [0.4, 0.5) is 13.2 Å². The van der Waals surface area contributed by atoms with Crippen molar-refractivity contribution in [3.63, 3.8) is 0 Å². The molecule has 0 radical (unpaired) electrons. The van der Waals surface area contributed by atoms with Gasteiger partial charge in [0.25, 0.3) is 0 Å². The van der Waals surface area contributed by atoms with Gasteiger partial charge in [-0.1, -0.05) is 41.9 Å². The Morgan fingerprint density at radius 3 is 2.34 bits per heavy atom. The standard InChI is InChI=1S/C20H11ClF3N3O2/c21-12-7-5-11(6-8-12)17-14(13-3-1-2-4-16(13)20(22,23)24)9-25-18-15(19(28)29)10-26-27(17)18/h1-10H,(H,28,29). The van der Waals surface area contributed by atoms with Crippen LogP contribution in [0, 0.1) is 0 Å². The summed E-state index contributed by atoms with van der Waals surface area (Å²) in [7, 11) is 0. The number of hydrogen-bond donors (Lipinski definition) is 1. The zero-order valence-corrected chi connectivity index (χ0v) is 15.2. The monoisotopic (exact) mass is 417 g/mol. The Morgan fingerprint density at radius 2 is 1.69 bits per heavy atom. The zero-order chi connectivity index (χ0) is 20.8. The predicted octanol–water partition coefficient (Wildman–Crippen LogP) is 5.43. The van der Waals surface area contributed by atoms with Gasteiger partial charge in [0.15, 0.2) is 5.65 Å². The number of nitrogens with zero attached hydrogens (tertiary/aromatic N) is 3. The van der Waals surface area contributed by atoms with E-state index in [1.807, 2.05) is 0 Å². The first-order valence-corrected chi connectivity index (χ1v) is 8.67. The zero-order valence-electron chi connectivity index (χ0n) is 14.5. The van der Waals surface area contributed by atoms with E-state index in [4.69, 9.17) is 11.6 Å². The van der Waals surface area contributed by atoms with Crippen LogP contribution in [0.3, 0.4) is 0 Å². The summed E-state index contributed by atoms with van der Waals surface area (Å²) in [6.45, 7) is 0. The molecule has 0 spiro atoms. The second kappa shape index (κ2) is 6.89. The van der Waals surface area contributed by atoms with Gasteiger partial charge in [-0.3, -0.25) is 0 Å².